The van der Waals surface area contributed by atoms with E-state index in [9.17, 15) is 10.2 Å². The van der Waals surface area contributed by atoms with Gasteiger partial charge in [0.25, 0.3) is 11.9 Å². The molecule has 0 aliphatic heterocycles. The van der Waals surface area contributed by atoms with E-state index in [1.165, 1.54) is 0 Å². The van der Waals surface area contributed by atoms with Gasteiger partial charge >= 0.3 is 0 Å². The Balaban J connectivity index is 0.000000380. The fourth-order valence-corrected chi connectivity index (χ4v) is 3.10. The van der Waals surface area contributed by atoms with Crippen molar-refractivity contribution < 1.29 is 30.0 Å². The first kappa shape index (κ1) is 18.9. The fourth-order valence-electron chi connectivity index (χ4n) is 3.10. The number of aliphatic carboxylic acids is 2. The number of aliphatic hydroxyl groups is 2. The summed E-state index contributed by atoms with van der Waals surface area (Å²) < 4.78 is 0. The lowest BCUT2D eigenvalue weighted by Crippen LogP contribution is -2.51. The van der Waals surface area contributed by atoms with Gasteiger partial charge in [-0.05, 0) is 31.1 Å². The smallest absolute Gasteiger partial charge is 0.300 e. The van der Waals surface area contributed by atoms with E-state index >= 15 is 0 Å². The molecule has 2 saturated carbocycles. The van der Waals surface area contributed by atoms with Crippen molar-refractivity contribution in [2.75, 3.05) is 0 Å². The van der Waals surface area contributed by atoms with E-state index in [-0.39, 0.29) is 17.4 Å². The SMILES string of the molecule is CC(=O)O.CC(=O)O.CC1(C)C2CC(O)C(C2)C1(C)O. The largest absolute Gasteiger partial charge is 0.481 e. The standard InChI is InChI=1S/C10H18O2.2C2H4O2/c1-9(2)6-4-7(8(11)5-6)10(9,3)12;2*1-2(3)4/h6-8,11-12H,4-5H2,1-3H3;2*1H3,(H,3,4). The zero-order valence-corrected chi connectivity index (χ0v) is 12.8. The Kier molecular flexibility index (Phi) is 6.17. The molecule has 118 valence electrons. The highest BCUT2D eigenvalue weighted by Crippen LogP contribution is 2.61. The third-order valence-corrected chi connectivity index (χ3v) is 4.58. The molecule has 20 heavy (non-hydrogen) atoms. The Labute approximate surface area is 119 Å². The lowest BCUT2D eigenvalue weighted by Gasteiger charge is -2.45. The molecule has 0 aromatic rings. The number of hydrogen-bond acceptors (Lipinski definition) is 4. The first-order chi connectivity index (χ1) is 8.84. The minimum atomic E-state index is -0.833. The van der Waals surface area contributed by atoms with Crippen LogP contribution in [0.15, 0.2) is 0 Å². The van der Waals surface area contributed by atoms with E-state index in [1.54, 1.807) is 0 Å². The molecule has 4 unspecified atom stereocenters. The number of carbonyl (C=O) groups is 2. The van der Waals surface area contributed by atoms with Gasteiger partial charge < -0.3 is 20.4 Å². The van der Waals surface area contributed by atoms with Gasteiger partial charge in [-0.1, -0.05) is 13.8 Å². The van der Waals surface area contributed by atoms with Crippen LogP contribution in [0.25, 0.3) is 0 Å². The van der Waals surface area contributed by atoms with Crippen molar-refractivity contribution in [2.45, 2.75) is 59.2 Å². The molecule has 2 rings (SSSR count). The van der Waals surface area contributed by atoms with Gasteiger partial charge in [0.1, 0.15) is 0 Å². The first-order valence-corrected chi connectivity index (χ1v) is 6.63. The van der Waals surface area contributed by atoms with Crippen LogP contribution < -0.4 is 0 Å². The Bertz CT molecular complexity index is 341. The van der Waals surface area contributed by atoms with Crippen LogP contribution in [0.4, 0.5) is 0 Å². The second-order valence-corrected chi connectivity index (χ2v) is 6.25. The summed E-state index contributed by atoms with van der Waals surface area (Å²) >= 11 is 0. The van der Waals surface area contributed by atoms with Crippen molar-refractivity contribution >= 4 is 11.9 Å². The van der Waals surface area contributed by atoms with Crippen molar-refractivity contribution in [3.8, 4) is 0 Å². The Morgan fingerprint density at radius 1 is 1.00 bits per heavy atom. The minimum absolute atomic E-state index is 0.0170. The number of fused-ring (bicyclic) bond motifs is 2. The zero-order valence-electron chi connectivity index (χ0n) is 12.8. The van der Waals surface area contributed by atoms with Crippen molar-refractivity contribution in [2.24, 2.45) is 17.3 Å². The molecule has 0 heterocycles. The number of rotatable bonds is 0. The van der Waals surface area contributed by atoms with Crippen LogP contribution in [0.5, 0.6) is 0 Å². The van der Waals surface area contributed by atoms with Crippen LogP contribution in [0.2, 0.25) is 0 Å². The Morgan fingerprint density at radius 3 is 1.55 bits per heavy atom. The van der Waals surface area contributed by atoms with E-state index in [1.807, 2.05) is 6.92 Å². The summed E-state index contributed by atoms with van der Waals surface area (Å²) in [5.74, 6) is -1.05. The molecule has 0 aromatic heterocycles. The van der Waals surface area contributed by atoms with Gasteiger partial charge in [-0.25, -0.2) is 0 Å². The molecule has 2 aliphatic carbocycles. The third-order valence-electron chi connectivity index (χ3n) is 4.58. The summed E-state index contributed by atoms with van der Waals surface area (Å²) in [6.07, 6.45) is 1.62. The molecule has 0 aromatic carbocycles. The van der Waals surface area contributed by atoms with Gasteiger partial charge in [0, 0.05) is 19.8 Å². The molecular formula is C14H26O6. The molecule has 6 nitrogen and oxygen atoms in total. The van der Waals surface area contributed by atoms with E-state index in [4.69, 9.17) is 19.8 Å². The molecule has 0 spiro atoms. The molecule has 2 aliphatic rings. The highest BCUT2D eigenvalue weighted by Gasteiger charge is 2.63. The second-order valence-electron chi connectivity index (χ2n) is 6.25. The Morgan fingerprint density at radius 2 is 1.35 bits per heavy atom. The summed E-state index contributed by atoms with van der Waals surface area (Å²) in [6, 6.07) is 0. The summed E-state index contributed by atoms with van der Waals surface area (Å²) in [4.78, 5) is 18.0. The molecule has 2 bridgehead atoms. The monoisotopic (exact) mass is 290 g/mol. The average molecular weight is 290 g/mol. The topological polar surface area (TPSA) is 115 Å². The molecule has 0 saturated heterocycles. The molecule has 0 amide bonds. The van der Waals surface area contributed by atoms with E-state index in [0.29, 0.717) is 5.92 Å². The van der Waals surface area contributed by atoms with Gasteiger partial charge in [-0.15, -0.1) is 0 Å². The quantitative estimate of drug-likeness (QED) is 0.535. The predicted molar refractivity (Wildman–Crippen MR) is 73.2 cm³/mol. The van der Waals surface area contributed by atoms with Crippen LogP contribution in [-0.4, -0.2) is 44.1 Å². The van der Waals surface area contributed by atoms with Gasteiger partial charge in [0.2, 0.25) is 0 Å². The lowest BCUT2D eigenvalue weighted by atomic mass is 9.65. The number of hydrogen-bond donors (Lipinski definition) is 4. The minimum Gasteiger partial charge on any atom is -0.481 e. The maximum atomic E-state index is 10.2. The predicted octanol–water partition coefficient (Wildman–Crippen LogP) is 1.35. The highest BCUT2D eigenvalue weighted by molar-refractivity contribution is 5.63. The molecular weight excluding hydrogens is 264 g/mol. The summed E-state index contributed by atoms with van der Waals surface area (Å²) in [5.41, 5.74) is -0.688. The number of carboxylic acids is 2. The van der Waals surface area contributed by atoms with Crippen LogP contribution in [-0.2, 0) is 9.59 Å². The average Bonchev–Trinajstić information content (AvgIpc) is 2.64. The second kappa shape index (κ2) is 6.54. The van der Waals surface area contributed by atoms with Gasteiger partial charge in [-0.2, -0.15) is 0 Å². The maximum Gasteiger partial charge on any atom is 0.300 e. The normalized spacial score (nSPS) is 36.2. The molecule has 4 atom stereocenters. The van der Waals surface area contributed by atoms with Crippen LogP contribution >= 0.6 is 0 Å². The van der Waals surface area contributed by atoms with Crippen LogP contribution in [0, 0.1) is 17.3 Å². The first-order valence-electron chi connectivity index (χ1n) is 6.63. The number of aliphatic hydroxyl groups excluding tert-OH is 1. The third kappa shape index (κ3) is 4.18. The van der Waals surface area contributed by atoms with Crippen LogP contribution in [0.3, 0.4) is 0 Å². The summed E-state index contributed by atoms with van der Waals surface area (Å²) in [7, 11) is 0. The van der Waals surface area contributed by atoms with Crippen molar-refractivity contribution in [3.63, 3.8) is 0 Å². The molecule has 6 heteroatoms. The molecule has 4 N–H and O–H groups in total. The van der Waals surface area contributed by atoms with Gasteiger partial charge in [-0.3, -0.25) is 9.59 Å². The number of carboxylic acid groups (broad SMARTS) is 2. The summed E-state index contributed by atoms with van der Waals surface area (Å²) in [5, 5.41) is 34.7. The van der Waals surface area contributed by atoms with E-state index < -0.39 is 17.5 Å². The molecule has 0 radical (unpaired) electrons. The summed E-state index contributed by atoms with van der Waals surface area (Å²) in [6.45, 7) is 8.27. The molecule has 2 fully saturated rings. The fraction of sp³-hybridized carbons (Fsp3) is 0.857. The van der Waals surface area contributed by atoms with E-state index in [2.05, 4.69) is 13.8 Å². The highest BCUT2D eigenvalue weighted by atomic mass is 16.4. The Hall–Kier alpha value is -1.14. The van der Waals surface area contributed by atoms with Crippen LogP contribution in [0.1, 0.15) is 47.5 Å². The van der Waals surface area contributed by atoms with Crippen molar-refractivity contribution in [3.05, 3.63) is 0 Å². The lowest BCUT2D eigenvalue weighted by molar-refractivity contribution is -0.135. The maximum absolute atomic E-state index is 10.2. The van der Waals surface area contributed by atoms with Crippen molar-refractivity contribution in [1.82, 2.24) is 0 Å². The van der Waals surface area contributed by atoms with Gasteiger partial charge in [0.15, 0.2) is 0 Å². The van der Waals surface area contributed by atoms with E-state index in [0.717, 1.165) is 26.7 Å². The van der Waals surface area contributed by atoms with Crippen molar-refractivity contribution in [1.29, 1.82) is 0 Å². The van der Waals surface area contributed by atoms with Gasteiger partial charge in [0.05, 0.1) is 11.7 Å². The zero-order chi connectivity index (χ0) is 16.3.